The first-order chi connectivity index (χ1) is 12.8. The molecule has 0 aliphatic heterocycles. The predicted octanol–water partition coefficient (Wildman–Crippen LogP) is 3.57. The lowest BCUT2D eigenvalue weighted by Gasteiger charge is -2.09. The van der Waals surface area contributed by atoms with Gasteiger partial charge in [-0.3, -0.25) is 9.59 Å². The minimum atomic E-state index is -0.643. The van der Waals surface area contributed by atoms with E-state index in [1.807, 2.05) is 12.1 Å². The van der Waals surface area contributed by atoms with Crippen molar-refractivity contribution in [2.75, 3.05) is 18.5 Å². The summed E-state index contributed by atoms with van der Waals surface area (Å²) in [5.74, 6) is -0.266. The number of hydrogen-bond donors (Lipinski definition) is 1. The minimum absolute atomic E-state index is 0.101. The van der Waals surface area contributed by atoms with Gasteiger partial charge in [-0.15, -0.1) is 0 Å². The highest BCUT2D eigenvalue weighted by atomic mass is 16.6. The minimum Gasteiger partial charge on any atom is -0.482 e. The first kappa shape index (κ1) is 20.2. The number of carbonyl (C=O) groups excluding carboxylic acids is 3. The van der Waals surface area contributed by atoms with E-state index >= 15 is 0 Å². The van der Waals surface area contributed by atoms with Gasteiger partial charge in [0.15, 0.2) is 19.0 Å². The van der Waals surface area contributed by atoms with Gasteiger partial charge in [0.05, 0.1) is 0 Å². The van der Waals surface area contributed by atoms with Gasteiger partial charge in [-0.2, -0.15) is 0 Å². The van der Waals surface area contributed by atoms with Crippen molar-refractivity contribution in [2.24, 2.45) is 0 Å². The molecule has 0 saturated heterocycles. The number of Topliss-reactive ketones (excluding diaryl/α,β-unsaturated/α-hetero) is 1. The van der Waals surface area contributed by atoms with Crippen LogP contribution in [0.5, 0.6) is 5.75 Å². The van der Waals surface area contributed by atoms with E-state index in [-0.39, 0.29) is 12.4 Å². The van der Waals surface area contributed by atoms with Crippen molar-refractivity contribution >= 4 is 23.3 Å². The van der Waals surface area contributed by atoms with Gasteiger partial charge in [0.25, 0.3) is 5.91 Å². The summed E-state index contributed by atoms with van der Waals surface area (Å²) in [5.41, 5.74) is 2.13. The molecule has 6 heteroatoms. The number of ether oxygens (including phenoxy) is 2. The summed E-state index contributed by atoms with van der Waals surface area (Å²) < 4.78 is 10.2. The molecule has 0 aromatic heterocycles. The third-order valence-corrected chi connectivity index (χ3v) is 3.82. The molecule has 142 valence electrons. The van der Waals surface area contributed by atoms with E-state index in [9.17, 15) is 14.4 Å². The Morgan fingerprint density at radius 2 is 1.70 bits per heavy atom. The van der Waals surface area contributed by atoms with Crippen LogP contribution < -0.4 is 10.1 Å². The van der Waals surface area contributed by atoms with Gasteiger partial charge in [0, 0.05) is 11.3 Å². The van der Waals surface area contributed by atoms with Crippen LogP contribution in [0.4, 0.5) is 5.69 Å². The molecule has 0 heterocycles. The highest BCUT2D eigenvalue weighted by molar-refractivity contribution is 5.97. The van der Waals surface area contributed by atoms with Crippen molar-refractivity contribution in [3.8, 4) is 5.75 Å². The molecule has 27 heavy (non-hydrogen) atoms. The van der Waals surface area contributed by atoms with Gasteiger partial charge in [-0.05, 0) is 42.7 Å². The van der Waals surface area contributed by atoms with E-state index in [2.05, 4.69) is 19.2 Å². The fraction of sp³-hybridized carbons (Fsp3) is 0.286. The first-order valence-electron chi connectivity index (χ1n) is 8.64. The zero-order valence-corrected chi connectivity index (χ0v) is 15.7. The van der Waals surface area contributed by atoms with Crippen molar-refractivity contribution in [1.29, 1.82) is 0 Å². The largest absolute Gasteiger partial charge is 0.482 e. The van der Waals surface area contributed by atoms with Crippen LogP contribution in [0.1, 0.15) is 42.6 Å². The summed E-state index contributed by atoms with van der Waals surface area (Å²) in [6, 6.07) is 14.0. The van der Waals surface area contributed by atoms with Gasteiger partial charge in [0.2, 0.25) is 0 Å². The molecule has 6 nitrogen and oxygen atoms in total. The zero-order chi connectivity index (χ0) is 19.8. The van der Waals surface area contributed by atoms with E-state index in [0.29, 0.717) is 22.9 Å². The number of rotatable bonds is 8. The van der Waals surface area contributed by atoms with Crippen molar-refractivity contribution in [3.05, 3.63) is 59.7 Å². The Morgan fingerprint density at radius 1 is 1.00 bits per heavy atom. The molecule has 0 spiro atoms. The number of nitrogens with one attached hydrogen (secondary N) is 1. The molecule has 0 radical (unpaired) electrons. The van der Waals surface area contributed by atoms with E-state index in [4.69, 9.17) is 9.47 Å². The SMILES string of the molecule is CC(=O)c1cccc(NC(=O)COC(=O)COc2ccc(C(C)C)cc2)c1. The molecular weight excluding hydrogens is 346 g/mol. The lowest BCUT2D eigenvalue weighted by atomic mass is 10.0. The predicted molar refractivity (Wildman–Crippen MR) is 102 cm³/mol. The molecule has 0 saturated carbocycles. The Bertz CT molecular complexity index is 812. The number of ketones is 1. The van der Waals surface area contributed by atoms with Crippen molar-refractivity contribution < 1.29 is 23.9 Å². The van der Waals surface area contributed by atoms with Crippen LogP contribution in [-0.2, 0) is 14.3 Å². The molecule has 0 fully saturated rings. The maximum absolute atomic E-state index is 11.9. The second-order valence-electron chi connectivity index (χ2n) is 6.36. The van der Waals surface area contributed by atoms with Crippen LogP contribution in [-0.4, -0.2) is 30.9 Å². The van der Waals surface area contributed by atoms with Gasteiger partial charge in [0.1, 0.15) is 5.75 Å². The van der Waals surface area contributed by atoms with Crippen LogP contribution >= 0.6 is 0 Å². The maximum atomic E-state index is 11.9. The molecule has 0 aliphatic rings. The Kier molecular flexibility index (Phi) is 7.11. The lowest BCUT2D eigenvalue weighted by Crippen LogP contribution is -2.23. The molecule has 1 amide bonds. The third-order valence-electron chi connectivity index (χ3n) is 3.82. The van der Waals surface area contributed by atoms with Crippen LogP contribution in [0.2, 0.25) is 0 Å². The van der Waals surface area contributed by atoms with E-state index in [1.165, 1.54) is 12.5 Å². The van der Waals surface area contributed by atoms with Crippen LogP contribution in [0, 0.1) is 0 Å². The standard InChI is InChI=1S/C21H23NO5/c1-14(2)16-7-9-19(10-8-16)26-13-21(25)27-12-20(24)22-18-6-4-5-17(11-18)15(3)23/h4-11,14H,12-13H2,1-3H3,(H,22,24). The first-order valence-corrected chi connectivity index (χ1v) is 8.64. The third kappa shape index (κ3) is 6.58. The van der Waals surface area contributed by atoms with Crippen molar-refractivity contribution in [1.82, 2.24) is 0 Å². The van der Waals surface area contributed by atoms with Crippen LogP contribution in [0.15, 0.2) is 48.5 Å². The van der Waals surface area contributed by atoms with E-state index in [1.54, 1.807) is 36.4 Å². The Labute approximate surface area is 158 Å². The molecule has 2 aromatic rings. The maximum Gasteiger partial charge on any atom is 0.344 e. The number of amides is 1. The Morgan fingerprint density at radius 3 is 2.33 bits per heavy atom. The average molecular weight is 369 g/mol. The molecule has 1 N–H and O–H groups in total. The van der Waals surface area contributed by atoms with E-state index in [0.717, 1.165) is 0 Å². The number of anilines is 1. The number of esters is 1. The fourth-order valence-corrected chi connectivity index (χ4v) is 2.29. The summed E-state index contributed by atoms with van der Waals surface area (Å²) in [5, 5.41) is 2.57. The molecular formula is C21H23NO5. The summed E-state index contributed by atoms with van der Waals surface area (Å²) in [7, 11) is 0. The fourth-order valence-electron chi connectivity index (χ4n) is 2.29. The smallest absolute Gasteiger partial charge is 0.344 e. The van der Waals surface area contributed by atoms with E-state index < -0.39 is 18.5 Å². The molecule has 0 aliphatic carbocycles. The average Bonchev–Trinajstić information content (AvgIpc) is 2.65. The molecule has 0 atom stereocenters. The summed E-state index contributed by atoms with van der Waals surface area (Å²) in [6.45, 7) is 4.91. The normalized spacial score (nSPS) is 10.4. The monoisotopic (exact) mass is 369 g/mol. The van der Waals surface area contributed by atoms with Gasteiger partial charge < -0.3 is 14.8 Å². The van der Waals surface area contributed by atoms with Crippen molar-refractivity contribution in [2.45, 2.75) is 26.7 Å². The second kappa shape index (κ2) is 9.52. The van der Waals surface area contributed by atoms with Gasteiger partial charge >= 0.3 is 5.97 Å². The number of benzene rings is 2. The highest BCUT2D eigenvalue weighted by Crippen LogP contribution is 2.18. The highest BCUT2D eigenvalue weighted by Gasteiger charge is 2.10. The summed E-state index contributed by atoms with van der Waals surface area (Å²) >= 11 is 0. The van der Waals surface area contributed by atoms with Gasteiger partial charge in [-0.1, -0.05) is 38.1 Å². The zero-order valence-electron chi connectivity index (χ0n) is 15.7. The lowest BCUT2D eigenvalue weighted by molar-refractivity contribution is -0.149. The summed E-state index contributed by atoms with van der Waals surface area (Å²) in [6.07, 6.45) is 0. The molecule has 2 rings (SSSR count). The number of carbonyl (C=O) groups is 3. The van der Waals surface area contributed by atoms with Gasteiger partial charge in [-0.25, -0.2) is 4.79 Å². The Hall–Kier alpha value is -3.15. The molecule has 0 bridgehead atoms. The quantitative estimate of drug-likeness (QED) is 0.568. The van der Waals surface area contributed by atoms with Crippen LogP contribution in [0.3, 0.4) is 0 Å². The molecule has 2 aromatic carbocycles. The summed E-state index contributed by atoms with van der Waals surface area (Å²) in [4.78, 5) is 34.9. The van der Waals surface area contributed by atoms with Crippen LogP contribution in [0.25, 0.3) is 0 Å². The van der Waals surface area contributed by atoms with Crippen molar-refractivity contribution in [3.63, 3.8) is 0 Å². The second-order valence-corrected chi connectivity index (χ2v) is 6.36. The topological polar surface area (TPSA) is 81.7 Å². The Balaban J connectivity index is 1.75. The number of hydrogen-bond acceptors (Lipinski definition) is 5. The molecule has 0 unspecified atom stereocenters.